The molecular formula is C26H26ClN3O6S. The zero-order chi connectivity index (χ0) is 26.3. The highest BCUT2D eigenvalue weighted by Gasteiger charge is 2.29. The minimum absolute atomic E-state index is 0.0324. The molecule has 3 aromatic carbocycles. The molecule has 1 aliphatic rings. The topological polar surface area (TPSA) is 129 Å². The third-order valence-electron chi connectivity index (χ3n) is 5.50. The van der Waals surface area contributed by atoms with Gasteiger partial charge in [-0.05, 0) is 35.9 Å². The van der Waals surface area contributed by atoms with Gasteiger partial charge in [0.25, 0.3) is 5.91 Å². The van der Waals surface area contributed by atoms with Gasteiger partial charge >= 0.3 is 0 Å². The number of ether oxygens (including phenoxy) is 2. The number of nitrogens with two attached hydrogens (primary N) is 1. The van der Waals surface area contributed by atoms with Crippen molar-refractivity contribution in [3.05, 3.63) is 78.4 Å². The molecule has 1 unspecified atom stereocenters. The van der Waals surface area contributed by atoms with E-state index in [2.05, 4.69) is 10.5 Å². The number of carbonyl (C=O) groups is 1. The molecular weight excluding hydrogens is 518 g/mol. The van der Waals surface area contributed by atoms with E-state index in [-0.39, 0.29) is 10.8 Å². The Kier molecular flexibility index (Phi) is 8.78. The first-order valence-corrected chi connectivity index (χ1v) is 13.6. The van der Waals surface area contributed by atoms with Crippen LogP contribution in [0.4, 0.5) is 5.69 Å². The number of hydrogen-bond acceptors (Lipinski definition) is 7. The minimum atomic E-state index is -3.88. The van der Waals surface area contributed by atoms with Crippen LogP contribution in [0.5, 0.6) is 5.75 Å². The molecule has 9 nitrogen and oxygen atoms in total. The van der Waals surface area contributed by atoms with Crippen LogP contribution < -0.4 is 15.2 Å². The van der Waals surface area contributed by atoms with Crippen molar-refractivity contribution in [3.63, 3.8) is 0 Å². The number of hydrogen-bond donors (Lipinski definition) is 2. The van der Waals surface area contributed by atoms with Gasteiger partial charge in [0.05, 0.1) is 23.8 Å². The van der Waals surface area contributed by atoms with Crippen LogP contribution in [0, 0.1) is 0 Å². The fourth-order valence-corrected chi connectivity index (χ4v) is 4.61. The molecule has 0 bridgehead atoms. The normalized spacial score (nSPS) is 15.1. The van der Waals surface area contributed by atoms with Crippen LogP contribution in [0.1, 0.15) is 12.0 Å². The Balaban J connectivity index is 1.34. The Morgan fingerprint density at radius 2 is 1.81 bits per heavy atom. The standard InChI is InChI=1S/C26H26ClN3O6S/c27-12-13-34-14-15-35-21-5-3-4-19(16-21)23-17-24(36-30-23)26(31)29-20-10-8-18(9-11-20)22-6-1-2-7-25(22)37(28,32)33/h1-11,16,24H,12-15,17H2,(H,29,31)(H2,28,32,33). The second-order valence-corrected chi connectivity index (χ2v) is 10.0. The van der Waals surface area contributed by atoms with Crippen LogP contribution in [0.25, 0.3) is 11.1 Å². The van der Waals surface area contributed by atoms with Crippen LogP contribution in [-0.4, -0.2) is 51.8 Å². The van der Waals surface area contributed by atoms with Gasteiger partial charge in [0, 0.05) is 29.1 Å². The van der Waals surface area contributed by atoms with Gasteiger partial charge in [-0.3, -0.25) is 4.79 Å². The van der Waals surface area contributed by atoms with Crippen molar-refractivity contribution in [3.8, 4) is 16.9 Å². The Labute approximate surface area is 220 Å². The van der Waals surface area contributed by atoms with Crippen molar-refractivity contribution >= 4 is 38.9 Å². The minimum Gasteiger partial charge on any atom is -0.491 e. The number of anilines is 1. The van der Waals surface area contributed by atoms with E-state index in [0.717, 1.165) is 5.56 Å². The summed E-state index contributed by atoms with van der Waals surface area (Å²) < 4.78 is 34.8. The maximum atomic E-state index is 12.8. The summed E-state index contributed by atoms with van der Waals surface area (Å²) >= 11 is 5.58. The molecule has 0 spiro atoms. The second-order valence-electron chi connectivity index (χ2n) is 8.12. The molecule has 37 heavy (non-hydrogen) atoms. The molecule has 3 aromatic rings. The highest BCUT2D eigenvalue weighted by molar-refractivity contribution is 7.89. The third-order valence-corrected chi connectivity index (χ3v) is 6.63. The smallest absolute Gasteiger partial charge is 0.268 e. The van der Waals surface area contributed by atoms with E-state index in [1.165, 1.54) is 6.07 Å². The lowest BCUT2D eigenvalue weighted by atomic mass is 10.0. The zero-order valence-electron chi connectivity index (χ0n) is 19.8. The van der Waals surface area contributed by atoms with Crippen LogP contribution in [0.2, 0.25) is 0 Å². The number of rotatable bonds is 11. The molecule has 4 rings (SSSR count). The number of sulfonamides is 1. The molecule has 1 amide bonds. The molecule has 1 aliphatic heterocycles. The summed E-state index contributed by atoms with van der Waals surface area (Å²) in [5, 5.41) is 12.2. The summed E-state index contributed by atoms with van der Waals surface area (Å²) in [4.78, 5) is 18.2. The van der Waals surface area contributed by atoms with E-state index >= 15 is 0 Å². The lowest BCUT2D eigenvalue weighted by molar-refractivity contribution is -0.125. The summed E-state index contributed by atoms with van der Waals surface area (Å²) in [7, 11) is -3.88. The average Bonchev–Trinajstić information content (AvgIpc) is 3.40. The maximum Gasteiger partial charge on any atom is 0.268 e. The van der Waals surface area contributed by atoms with E-state index in [1.807, 2.05) is 24.3 Å². The monoisotopic (exact) mass is 543 g/mol. The van der Waals surface area contributed by atoms with Crippen molar-refractivity contribution in [1.82, 2.24) is 0 Å². The van der Waals surface area contributed by atoms with Gasteiger partial charge in [-0.2, -0.15) is 0 Å². The van der Waals surface area contributed by atoms with Gasteiger partial charge in [-0.25, -0.2) is 13.6 Å². The Bertz CT molecular complexity index is 1380. The van der Waals surface area contributed by atoms with Crippen LogP contribution in [0.15, 0.2) is 82.8 Å². The largest absolute Gasteiger partial charge is 0.491 e. The quantitative estimate of drug-likeness (QED) is 0.280. The molecule has 0 aromatic heterocycles. The van der Waals surface area contributed by atoms with Crippen molar-refractivity contribution < 1.29 is 27.5 Å². The van der Waals surface area contributed by atoms with Gasteiger partial charge < -0.3 is 19.6 Å². The second kappa shape index (κ2) is 12.2. The first kappa shape index (κ1) is 26.6. The predicted molar refractivity (Wildman–Crippen MR) is 141 cm³/mol. The summed E-state index contributed by atoms with van der Waals surface area (Å²) in [5.41, 5.74) is 3.10. The third kappa shape index (κ3) is 7.07. The number of nitrogens with one attached hydrogen (secondary N) is 1. The van der Waals surface area contributed by atoms with Crippen molar-refractivity contribution in [2.24, 2.45) is 10.3 Å². The predicted octanol–water partition coefficient (Wildman–Crippen LogP) is 3.77. The highest BCUT2D eigenvalue weighted by atomic mass is 35.5. The van der Waals surface area contributed by atoms with Crippen LogP contribution >= 0.6 is 11.6 Å². The Hall–Kier alpha value is -3.44. The van der Waals surface area contributed by atoms with E-state index in [0.29, 0.717) is 60.4 Å². The lowest BCUT2D eigenvalue weighted by Crippen LogP contribution is -2.28. The summed E-state index contributed by atoms with van der Waals surface area (Å²) in [6.45, 7) is 1.29. The van der Waals surface area contributed by atoms with Gasteiger partial charge in [0.2, 0.25) is 16.1 Å². The average molecular weight is 544 g/mol. The fourth-order valence-electron chi connectivity index (χ4n) is 3.74. The summed E-state index contributed by atoms with van der Waals surface area (Å²) in [6, 6.07) is 20.6. The Morgan fingerprint density at radius 3 is 2.57 bits per heavy atom. The van der Waals surface area contributed by atoms with E-state index < -0.39 is 16.1 Å². The van der Waals surface area contributed by atoms with E-state index in [4.69, 9.17) is 31.1 Å². The van der Waals surface area contributed by atoms with Crippen molar-refractivity contribution in [1.29, 1.82) is 0 Å². The number of alkyl halides is 1. The fraction of sp³-hybridized carbons (Fsp3) is 0.231. The SMILES string of the molecule is NS(=O)(=O)c1ccccc1-c1ccc(NC(=O)C2CC(c3cccc(OCCOCCCl)c3)=NO2)cc1. The number of benzene rings is 3. The molecule has 11 heteroatoms. The maximum absolute atomic E-state index is 12.8. The lowest BCUT2D eigenvalue weighted by Gasteiger charge is -2.11. The molecule has 1 atom stereocenters. The number of primary sulfonamides is 1. The highest BCUT2D eigenvalue weighted by Crippen LogP contribution is 2.28. The molecule has 3 N–H and O–H groups in total. The van der Waals surface area contributed by atoms with E-state index in [1.54, 1.807) is 42.5 Å². The molecule has 0 saturated carbocycles. The molecule has 0 aliphatic carbocycles. The van der Waals surface area contributed by atoms with Gasteiger partial charge in [0.1, 0.15) is 12.4 Å². The number of amides is 1. The molecule has 0 fully saturated rings. The van der Waals surface area contributed by atoms with Crippen molar-refractivity contribution in [2.75, 3.05) is 31.0 Å². The first-order valence-electron chi connectivity index (χ1n) is 11.5. The van der Waals surface area contributed by atoms with Crippen LogP contribution in [-0.2, 0) is 24.4 Å². The van der Waals surface area contributed by atoms with Crippen molar-refractivity contribution in [2.45, 2.75) is 17.4 Å². The summed E-state index contributed by atoms with van der Waals surface area (Å²) in [6.07, 6.45) is -0.486. The van der Waals surface area contributed by atoms with Gasteiger partial charge in [-0.1, -0.05) is 47.6 Å². The van der Waals surface area contributed by atoms with Gasteiger partial charge in [-0.15, -0.1) is 11.6 Å². The zero-order valence-corrected chi connectivity index (χ0v) is 21.4. The summed E-state index contributed by atoms with van der Waals surface area (Å²) in [5.74, 6) is 0.748. The Morgan fingerprint density at radius 1 is 1.03 bits per heavy atom. The number of halogens is 1. The van der Waals surface area contributed by atoms with Crippen LogP contribution in [0.3, 0.4) is 0 Å². The van der Waals surface area contributed by atoms with Gasteiger partial charge in [0.15, 0.2) is 0 Å². The molecule has 1 heterocycles. The molecule has 0 radical (unpaired) electrons. The number of carbonyl (C=O) groups excluding carboxylic acids is 1. The first-order chi connectivity index (χ1) is 17.8. The van der Waals surface area contributed by atoms with E-state index in [9.17, 15) is 13.2 Å². The molecule has 194 valence electrons. The molecule has 0 saturated heterocycles. The number of nitrogens with zero attached hydrogens (tertiary/aromatic N) is 1. The number of oxime groups is 1.